The topological polar surface area (TPSA) is 57.4 Å². The number of hydrogen-bond donors (Lipinski definition) is 0. The number of benzene rings is 3. The van der Waals surface area contributed by atoms with E-state index in [-0.39, 0.29) is 12.4 Å². The van der Waals surface area contributed by atoms with E-state index in [1.807, 2.05) is 37.3 Å². The van der Waals surface area contributed by atoms with Gasteiger partial charge in [-0.15, -0.1) is 0 Å². The van der Waals surface area contributed by atoms with Gasteiger partial charge in [0, 0.05) is 16.7 Å². The molecule has 0 aliphatic rings. The second-order valence-corrected chi connectivity index (χ2v) is 6.53. The lowest BCUT2D eigenvalue weighted by atomic mass is 10.1. The van der Waals surface area contributed by atoms with Crippen molar-refractivity contribution >= 4 is 0 Å². The normalized spacial score (nSPS) is 10.7. The number of methoxy groups -OCH3 is 1. The van der Waals surface area contributed by atoms with Crippen LogP contribution in [0.2, 0.25) is 0 Å². The highest BCUT2D eigenvalue weighted by molar-refractivity contribution is 5.63. The Morgan fingerprint density at radius 1 is 0.931 bits per heavy atom. The quantitative estimate of drug-likeness (QED) is 0.439. The van der Waals surface area contributed by atoms with Gasteiger partial charge in [0.25, 0.3) is 5.89 Å². The van der Waals surface area contributed by atoms with Crippen molar-refractivity contribution in [1.82, 2.24) is 10.1 Å². The maximum absolute atomic E-state index is 13.8. The Labute approximate surface area is 167 Å². The van der Waals surface area contributed by atoms with Crippen LogP contribution in [-0.2, 0) is 6.61 Å². The van der Waals surface area contributed by atoms with Crippen molar-refractivity contribution in [3.63, 3.8) is 0 Å². The van der Waals surface area contributed by atoms with Crippen LogP contribution in [0.25, 0.3) is 22.8 Å². The van der Waals surface area contributed by atoms with E-state index < -0.39 is 0 Å². The van der Waals surface area contributed by atoms with Crippen molar-refractivity contribution in [2.75, 3.05) is 7.11 Å². The van der Waals surface area contributed by atoms with E-state index in [4.69, 9.17) is 14.0 Å². The highest BCUT2D eigenvalue weighted by atomic mass is 19.1. The van der Waals surface area contributed by atoms with Crippen LogP contribution in [0.5, 0.6) is 11.5 Å². The zero-order chi connectivity index (χ0) is 20.2. The first-order valence-corrected chi connectivity index (χ1v) is 9.09. The lowest BCUT2D eigenvalue weighted by Gasteiger charge is -2.11. The van der Waals surface area contributed by atoms with Crippen molar-refractivity contribution in [3.05, 3.63) is 83.7 Å². The smallest absolute Gasteiger partial charge is 0.258 e. The number of rotatable bonds is 6. The summed E-state index contributed by atoms with van der Waals surface area (Å²) < 4.78 is 30.3. The van der Waals surface area contributed by atoms with Crippen LogP contribution in [0.4, 0.5) is 4.39 Å². The van der Waals surface area contributed by atoms with Gasteiger partial charge in [-0.1, -0.05) is 41.1 Å². The first-order chi connectivity index (χ1) is 14.1. The molecule has 0 amide bonds. The largest absolute Gasteiger partial charge is 0.493 e. The third-order valence-electron chi connectivity index (χ3n) is 4.49. The van der Waals surface area contributed by atoms with Gasteiger partial charge >= 0.3 is 0 Å². The molecule has 6 heteroatoms. The van der Waals surface area contributed by atoms with Crippen LogP contribution in [0.15, 0.2) is 71.3 Å². The molecule has 3 aromatic carbocycles. The number of aromatic nitrogens is 2. The molecule has 4 rings (SSSR count). The molecule has 0 spiro atoms. The fraction of sp³-hybridized carbons (Fsp3) is 0.130. The Bertz CT molecular complexity index is 1120. The van der Waals surface area contributed by atoms with Crippen LogP contribution in [0.3, 0.4) is 0 Å². The summed E-state index contributed by atoms with van der Waals surface area (Å²) >= 11 is 0. The average molecular weight is 390 g/mol. The maximum Gasteiger partial charge on any atom is 0.258 e. The van der Waals surface area contributed by atoms with Gasteiger partial charge in [0.1, 0.15) is 12.4 Å². The zero-order valence-corrected chi connectivity index (χ0v) is 16.1. The fourth-order valence-electron chi connectivity index (χ4n) is 2.85. The first-order valence-electron chi connectivity index (χ1n) is 9.09. The molecule has 0 aliphatic heterocycles. The van der Waals surface area contributed by atoms with Crippen molar-refractivity contribution in [1.29, 1.82) is 0 Å². The number of hydrogen-bond acceptors (Lipinski definition) is 5. The van der Waals surface area contributed by atoms with Gasteiger partial charge in [0.05, 0.1) is 7.11 Å². The number of halogens is 1. The molecule has 1 aromatic heterocycles. The minimum Gasteiger partial charge on any atom is -0.493 e. The molecule has 0 saturated carbocycles. The zero-order valence-electron chi connectivity index (χ0n) is 16.1. The third-order valence-corrected chi connectivity index (χ3v) is 4.49. The summed E-state index contributed by atoms with van der Waals surface area (Å²) in [5.41, 5.74) is 3.21. The maximum atomic E-state index is 13.8. The van der Waals surface area contributed by atoms with Crippen LogP contribution < -0.4 is 9.47 Å². The molecule has 5 nitrogen and oxygen atoms in total. The lowest BCUT2D eigenvalue weighted by Crippen LogP contribution is -2.00. The summed E-state index contributed by atoms with van der Waals surface area (Å²) in [6, 6.07) is 19.7. The van der Waals surface area contributed by atoms with Crippen molar-refractivity contribution in [2.45, 2.75) is 13.5 Å². The van der Waals surface area contributed by atoms with Gasteiger partial charge in [0.2, 0.25) is 5.82 Å². The minimum absolute atomic E-state index is 0.0994. The molecule has 0 radical (unpaired) electrons. The van der Waals surface area contributed by atoms with Gasteiger partial charge in [0.15, 0.2) is 11.5 Å². The molecule has 0 bridgehead atoms. The predicted molar refractivity (Wildman–Crippen MR) is 107 cm³/mol. The molecule has 0 unspecified atom stereocenters. The predicted octanol–water partition coefficient (Wildman–Crippen LogP) is 5.44. The first kappa shape index (κ1) is 18.7. The lowest BCUT2D eigenvalue weighted by molar-refractivity contribution is 0.280. The summed E-state index contributed by atoms with van der Waals surface area (Å²) in [7, 11) is 1.54. The van der Waals surface area contributed by atoms with Crippen LogP contribution >= 0.6 is 0 Å². The summed E-state index contributed by atoms with van der Waals surface area (Å²) in [5, 5.41) is 4.06. The van der Waals surface area contributed by atoms with E-state index in [9.17, 15) is 4.39 Å². The molecule has 0 atom stereocenters. The second-order valence-electron chi connectivity index (χ2n) is 6.53. The number of nitrogens with zero attached hydrogens (tertiary/aromatic N) is 2. The Morgan fingerprint density at radius 2 is 1.69 bits per heavy atom. The fourth-order valence-corrected chi connectivity index (χ4v) is 2.85. The van der Waals surface area contributed by atoms with Crippen molar-refractivity contribution in [2.24, 2.45) is 0 Å². The highest BCUT2D eigenvalue weighted by Crippen LogP contribution is 2.33. The van der Waals surface area contributed by atoms with E-state index in [0.29, 0.717) is 28.8 Å². The molecule has 0 saturated heterocycles. The monoisotopic (exact) mass is 390 g/mol. The number of ether oxygens (including phenoxy) is 2. The van der Waals surface area contributed by atoms with Gasteiger partial charge < -0.3 is 14.0 Å². The van der Waals surface area contributed by atoms with Crippen molar-refractivity contribution < 1.29 is 18.4 Å². The minimum atomic E-state index is -0.307. The third kappa shape index (κ3) is 4.11. The van der Waals surface area contributed by atoms with Gasteiger partial charge in [-0.05, 0) is 43.3 Å². The van der Waals surface area contributed by atoms with Gasteiger partial charge in [-0.25, -0.2) is 4.39 Å². The molecule has 4 aromatic rings. The van der Waals surface area contributed by atoms with E-state index in [2.05, 4.69) is 10.1 Å². The van der Waals surface area contributed by atoms with Crippen LogP contribution in [0, 0.1) is 12.7 Å². The van der Waals surface area contributed by atoms with E-state index in [1.165, 1.54) is 6.07 Å². The standard InChI is InChI=1S/C23H19FN2O3/c1-15-7-9-16(10-8-15)23-25-22(26-29-23)17-11-12-20(21(13-17)27-2)28-14-18-5-3-4-6-19(18)24/h3-13H,14H2,1-2H3. The Morgan fingerprint density at radius 3 is 2.45 bits per heavy atom. The average Bonchev–Trinajstić information content (AvgIpc) is 3.24. The molecule has 146 valence electrons. The summed E-state index contributed by atoms with van der Waals surface area (Å²) in [5.74, 6) is 1.58. The number of aryl methyl sites for hydroxylation is 1. The summed E-state index contributed by atoms with van der Waals surface area (Å²) in [6.45, 7) is 2.12. The van der Waals surface area contributed by atoms with E-state index in [0.717, 1.165) is 16.7 Å². The summed E-state index contributed by atoms with van der Waals surface area (Å²) in [4.78, 5) is 4.47. The van der Waals surface area contributed by atoms with E-state index in [1.54, 1.807) is 37.4 Å². The second kappa shape index (κ2) is 8.14. The highest BCUT2D eigenvalue weighted by Gasteiger charge is 2.14. The van der Waals surface area contributed by atoms with E-state index >= 15 is 0 Å². The van der Waals surface area contributed by atoms with Gasteiger partial charge in [-0.2, -0.15) is 4.98 Å². The molecular weight excluding hydrogens is 371 g/mol. The Balaban J connectivity index is 1.55. The summed E-state index contributed by atoms with van der Waals surface area (Å²) in [6.07, 6.45) is 0. The molecule has 29 heavy (non-hydrogen) atoms. The van der Waals surface area contributed by atoms with Crippen LogP contribution in [-0.4, -0.2) is 17.3 Å². The SMILES string of the molecule is COc1cc(-c2noc(-c3ccc(C)cc3)n2)ccc1OCc1ccccc1F. The van der Waals surface area contributed by atoms with Gasteiger partial charge in [-0.3, -0.25) is 0 Å². The van der Waals surface area contributed by atoms with Crippen molar-refractivity contribution in [3.8, 4) is 34.3 Å². The molecule has 0 aliphatic carbocycles. The molecular formula is C23H19FN2O3. The molecule has 1 heterocycles. The molecule has 0 N–H and O–H groups in total. The van der Waals surface area contributed by atoms with Crippen LogP contribution in [0.1, 0.15) is 11.1 Å². The Hall–Kier alpha value is -3.67. The Kier molecular flexibility index (Phi) is 5.24. The molecule has 0 fully saturated rings.